The van der Waals surface area contributed by atoms with E-state index in [-0.39, 0.29) is 17.2 Å². The Bertz CT molecular complexity index is 1370. The molecule has 0 saturated heterocycles. The standard InChI is InChI=1S/C32H37N3O5/c1-19-16-20(2)28(21(3)17-19)35-32(39)33-27-18-24(22-10-13-25(40-4)14-11-22)12-15-26(27)30(36)34-29(31(37)38)23-8-6-5-7-9-23/h10-18,23,29H,5-9H2,1-4H3,(H,34,36)(H,37,38)(H2,33,35,39). The average Bonchev–Trinajstić information content (AvgIpc) is 2.94. The van der Waals surface area contributed by atoms with Gasteiger partial charge < -0.3 is 25.8 Å². The summed E-state index contributed by atoms with van der Waals surface area (Å²) in [6.07, 6.45) is 4.50. The van der Waals surface area contributed by atoms with E-state index in [0.29, 0.717) is 11.4 Å². The zero-order valence-electron chi connectivity index (χ0n) is 23.5. The SMILES string of the molecule is COc1ccc(-c2ccc(C(=O)NC(C(=O)O)C3CCCCC3)c(NC(=O)Nc3c(C)cc(C)cc3C)c2)cc1. The highest BCUT2D eigenvalue weighted by atomic mass is 16.5. The van der Waals surface area contributed by atoms with Gasteiger partial charge in [0, 0.05) is 5.69 Å². The van der Waals surface area contributed by atoms with Crippen molar-refractivity contribution in [1.29, 1.82) is 0 Å². The maximum atomic E-state index is 13.5. The fourth-order valence-electron chi connectivity index (χ4n) is 5.52. The van der Waals surface area contributed by atoms with Crippen LogP contribution >= 0.6 is 0 Å². The van der Waals surface area contributed by atoms with Crippen molar-refractivity contribution in [2.24, 2.45) is 5.92 Å². The van der Waals surface area contributed by atoms with E-state index < -0.39 is 23.9 Å². The van der Waals surface area contributed by atoms with Gasteiger partial charge in [-0.15, -0.1) is 0 Å². The van der Waals surface area contributed by atoms with E-state index in [1.807, 2.05) is 57.2 Å². The molecule has 0 aromatic heterocycles. The van der Waals surface area contributed by atoms with Gasteiger partial charge in [-0.2, -0.15) is 0 Å². The molecule has 0 bridgehead atoms. The molecule has 1 saturated carbocycles. The van der Waals surface area contributed by atoms with Crippen LogP contribution in [0.25, 0.3) is 11.1 Å². The van der Waals surface area contributed by atoms with Crippen molar-refractivity contribution in [1.82, 2.24) is 5.32 Å². The normalized spacial score (nSPS) is 14.2. The van der Waals surface area contributed by atoms with Gasteiger partial charge in [0.05, 0.1) is 18.4 Å². The third-order valence-corrected chi connectivity index (χ3v) is 7.53. The number of nitrogens with one attached hydrogen (secondary N) is 3. The summed E-state index contributed by atoms with van der Waals surface area (Å²) in [5, 5.41) is 18.4. The molecule has 0 heterocycles. The van der Waals surface area contributed by atoms with Gasteiger partial charge in [0.1, 0.15) is 11.8 Å². The first-order valence-corrected chi connectivity index (χ1v) is 13.6. The minimum absolute atomic E-state index is 0.124. The summed E-state index contributed by atoms with van der Waals surface area (Å²) >= 11 is 0. The van der Waals surface area contributed by atoms with E-state index in [1.54, 1.807) is 25.3 Å². The molecule has 1 atom stereocenters. The van der Waals surface area contributed by atoms with Gasteiger partial charge in [0.25, 0.3) is 5.91 Å². The molecule has 0 aliphatic heterocycles. The van der Waals surface area contributed by atoms with Gasteiger partial charge in [-0.25, -0.2) is 9.59 Å². The molecule has 4 rings (SSSR count). The highest BCUT2D eigenvalue weighted by Crippen LogP contribution is 2.30. The number of benzene rings is 3. The number of urea groups is 1. The van der Waals surface area contributed by atoms with Gasteiger partial charge in [0.15, 0.2) is 0 Å². The quantitative estimate of drug-likeness (QED) is 0.252. The van der Waals surface area contributed by atoms with Gasteiger partial charge in [0.2, 0.25) is 0 Å². The van der Waals surface area contributed by atoms with E-state index in [9.17, 15) is 19.5 Å². The third kappa shape index (κ3) is 6.81. The molecule has 3 aromatic carbocycles. The van der Waals surface area contributed by atoms with E-state index in [2.05, 4.69) is 16.0 Å². The fraction of sp³-hybridized carbons (Fsp3) is 0.344. The highest BCUT2D eigenvalue weighted by molar-refractivity contribution is 6.08. The number of amides is 3. The minimum atomic E-state index is -1.05. The molecule has 3 amide bonds. The van der Waals surface area contributed by atoms with Gasteiger partial charge >= 0.3 is 12.0 Å². The molecule has 4 N–H and O–H groups in total. The zero-order valence-corrected chi connectivity index (χ0v) is 23.5. The fourth-order valence-corrected chi connectivity index (χ4v) is 5.52. The molecule has 3 aromatic rings. The molecule has 1 aliphatic carbocycles. The van der Waals surface area contributed by atoms with Crippen molar-refractivity contribution < 1.29 is 24.2 Å². The first-order chi connectivity index (χ1) is 19.2. The lowest BCUT2D eigenvalue weighted by Crippen LogP contribution is -2.46. The lowest BCUT2D eigenvalue weighted by molar-refractivity contribution is -0.141. The summed E-state index contributed by atoms with van der Waals surface area (Å²) in [5.74, 6) is -1.00. The van der Waals surface area contributed by atoms with E-state index in [4.69, 9.17) is 4.74 Å². The van der Waals surface area contributed by atoms with Crippen LogP contribution in [0.4, 0.5) is 16.2 Å². The van der Waals surface area contributed by atoms with E-state index >= 15 is 0 Å². The third-order valence-electron chi connectivity index (χ3n) is 7.53. The van der Waals surface area contributed by atoms with Crippen molar-refractivity contribution in [3.8, 4) is 16.9 Å². The topological polar surface area (TPSA) is 117 Å². The van der Waals surface area contributed by atoms with Crippen LogP contribution in [0.3, 0.4) is 0 Å². The van der Waals surface area contributed by atoms with Crippen LogP contribution < -0.4 is 20.7 Å². The maximum absolute atomic E-state index is 13.5. The molecule has 0 spiro atoms. The Hall–Kier alpha value is -4.33. The van der Waals surface area contributed by atoms with Gasteiger partial charge in [-0.3, -0.25) is 4.79 Å². The lowest BCUT2D eigenvalue weighted by Gasteiger charge is -2.28. The molecule has 1 unspecified atom stereocenters. The number of methoxy groups -OCH3 is 1. The molecular weight excluding hydrogens is 506 g/mol. The Morgan fingerprint density at radius 3 is 2.08 bits per heavy atom. The Morgan fingerprint density at radius 2 is 1.48 bits per heavy atom. The van der Waals surface area contributed by atoms with Crippen LogP contribution in [-0.2, 0) is 4.79 Å². The first-order valence-electron chi connectivity index (χ1n) is 13.6. The van der Waals surface area contributed by atoms with Crippen molar-refractivity contribution >= 4 is 29.3 Å². The maximum Gasteiger partial charge on any atom is 0.326 e. The van der Waals surface area contributed by atoms with Crippen LogP contribution in [0.2, 0.25) is 0 Å². The average molecular weight is 544 g/mol. The predicted octanol–water partition coefficient (Wildman–Crippen LogP) is 6.69. The number of carbonyl (C=O) groups is 3. The molecule has 8 heteroatoms. The number of carboxylic acids is 1. The van der Waals surface area contributed by atoms with Crippen LogP contribution in [0.1, 0.15) is 59.2 Å². The molecule has 1 fully saturated rings. The molecule has 8 nitrogen and oxygen atoms in total. The Balaban J connectivity index is 1.65. The number of carboxylic acid groups (broad SMARTS) is 1. The number of hydrogen-bond donors (Lipinski definition) is 4. The smallest absolute Gasteiger partial charge is 0.326 e. The van der Waals surface area contributed by atoms with Crippen molar-refractivity contribution in [3.63, 3.8) is 0 Å². The second kappa shape index (κ2) is 12.7. The summed E-state index contributed by atoms with van der Waals surface area (Å²) in [5.41, 5.74) is 5.75. The first kappa shape index (κ1) is 28.7. The number of hydrogen-bond acceptors (Lipinski definition) is 4. The molecular formula is C32H37N3O5. The van der Waals surface area contributed by atoms with Crippen LogP contribution in [-0.4, -0.2) is 36.2 Å². The Labute approximate surface area is 235 Å². The minimum Gasteiger partial charge on any atom is -0.497 e. The number of ether oxygens (including phenoxy) is 1. The predicted molar refractivity (Wildman–Crippen MR) is 157 cm³/mol. The van der Waals surface area contributed by atoms with E-state index in [1.165, 1.54) is 0 Å². The Morgan fingerprint density at radius 1 is 0.850 bits per heavy atom. The highest BCUT2D eigenvalue weighted by Gasteiger charge is 2.31. The van der Waals surface area contributed by atoms with Gasteiger partial charge in [-0.1, -0.05) is 55.2 Å². The zero-order chi connectivity index (χ0) is 28.8. The van der Waals surface area contributed by atoms with Crippen molar-refractivity contribution in [2.75, 3.05) is 17.7 Å². The summed E-state index contributed by atoms with van der Waals surface area (Å²) in [6.45, 7) is 5.85. The van der Waals surface area contributed by atoms with Gasteiger partial charge in [-0.05, 0) is 86.1 Å². The second-order valence-electron chi connectivity index (χ2n) is 10.5. The summed E-state index contributed by atoms with van der Waals surface area (Å²) in [4.78, 5) is 38.8. The number of carbonyl (C=O) groups excluding carboxylic acids is 2. The van der Waals surface area contributed by atoms with E-state index in [0.717, 1.165) is 59.9 Å². The number of aliphatic carboxylic acids is 1. The number of rotatable bonds is 8. The van der Waals surface area contributed by atoms with Crippen LogP contribution in [0.5, 0.6) is 5.75 Å². The van der Waals surface area contributed by atoms with Crippen LogP contribution in [0.15, 0.2) is 54.6 Å². The summed E-state index contributed by atoms with van der Waals surface area (Å²) < 4.78 is 5.26. The van der Waals surface area contributed by atoms with Crippen LogP contribution in [0, 0.1) is 26.7 Å². The van der Waals surface area contributed by atoms with Crippen molar-refractivity contribution in [3.05, 3.63) is 76.9 Å². The second-order valence-corrected chi connectivity index (χ2v) is 10.5. The summed E-state index contributed by atoms with van der Waals surface area (Å²) in [6, 6.07) is 15.1. The largest absolute Gasteiger partial charge is 0.497 e. The number of anilines is 2. The summed E-state index contributed by atoms with van der Waals surface area (Å²) in [7, 11) is 1.60. The monoisotopic (exact) mass is 543 g/mol. The van der Waals surface area contributed by atoms with Crippen molar-refractivity contribution in [2.45, 2.75) is 58.9 Å². The molecule has 210 valence electrons. The molecule has 40 heavy (non-hydrogen) atoms. The molecule has 0 radical (unpaired) electrons. The number of aryl methyl sites for hydroxylation is 3. The Kier molecular flexibility index (Phi) is 9.09. The lowest BCUT2D eigenvalue weighted by atomic mass is 9.83. The molecule has 1 aliphatic rings.